The summed E-state index contributed by atoms with van der Waals surface area (Å²) in [4.78, 5) is 36.4. The fourth-order valence-electron chi connectivity index (χ4n) is 2.20. The molecule has 0 radical (unpaired) electrons. The molecule has 1 N–H and O–H groups in total. The highest BCUT2D eigenvalue weighted by molar-refractivity contribution is 5.98. The highest BCUT2D eigenvalue weighted by atomic mass is 16.5. The third-order valence-corrected chi connectivity index (χ3v) is 3.39. The molecular formula is C15H18N2O7. The minimum absolute atomic E-state index is 0.128. The monoisotopic (exact) mass is 338 g/mol. The molecular weight excluding hydrogens is 320 g/mol. The largest absolute Gasteiger partial charge is 0.493 e. The van der Waals surface area contributed by atoms with Crippen molar-refractivity contribution >= 4 is 17.9 Å². The predicted molar refractivity (Wildman–Crippen MR) is 81.5 cm³/mol. The summed E-state index contributed by atoms with van der Waals surface area (Å²) >= 11 is 0. The van der Waals surface area contributed by atoms with Crippen molar-refractivity contribution in [1.82, 2.24) is 10.2 Å². The first-order valence-electron chi connectivity index (χ1n) is 7.07. The summed E-state index contributed by atoms with van der Waals surface area (Å²) in [6.45, 7) is 0.0910. The van der Waals surface area contributed by atoms with Crippen LogP contribution in [0.5, 0.6) is 17.2 Å². The van der Waals surface area contributed by atoms with Gasteiger partial charge < -0.3 is 24.3 Å². The van der Waals surface area contributed by atoms with Crippen LogP contribution in [0.2, 0.25) is 0 Å². The van der Waals surface area contributed by atoms with Crippen LogP contribution in [-0.4, -0.2) is 63.8 Å². The highest BCUT2D eigenvalue weighted by Gasteiger charge is 2.27. The second kappa shape index (κ2) is 7.53. The van der Waals surface area contributed by atoms with Gasteiger partial charge in [0.1, 0.15) is 0 Å². The quantitative estimate of drug-likeness (QED) is 0.750. The number of carbonyl (C=O) groups excluding carboxylic acids is 3. The number of urea groups is 1. The minimum atomic E-state index is -0.748. The average Bonchev–Trinajstić information content (AvgIpc) is 3.03. The Kier molecular flexibility index (Phi) is 5.46. The van der Waals surface area contributed by atoms with E-state index in [9.17, 15) is 14.4 Å². The summed E-state index contributed by atoms with van der Waals surface area (Å²) in [7, 11) is 4.28. The van der Waals surface area contributed by atoms with E-state index in [0.717, 1.165) is 4.90 Å². The van der Waals surface area contributed by atoms with Gasteiger partial charge in [-0.15, -0.1) is 0 Å². The number of methoxy groups -OCH3 is 3. The molecule has 0 unspecified atom stereocenters. The summed E-state index contributed by atoms with van der Waals surface area (Å²) in [6, 6.07) is 2.33. The molecule has 1 heterocycles. The molecule has 1 aliphatic rings. The molecule has 9 nitrogen and oxygen atoms in total. The minimum Gasteiger partial charge on any atom is -0.493 e. The van der Waals surface area contributed by atoms with E-state index in [4.69, 9.17) is 18.9 Å². The van der Waals surface area contributed by atoms with Crippen molar-refractivity contribution in [3.05, 3.63) is 17.7 Å². The van der Waals surface area contributed by atoms with E-state index >= 15 is 0 Å². The molecule has 1 saturated heterocycles. The van der Waals surface area contributed by atoms with Crippen LogP contribution >= 0.6 is 0 Å². The Labute approximate surface area is 138 Å². The zero-order chi connectivity index (χ0) is 17.7. The van der Waals surface area contributed by atoms with Crippen molar-refractivity contribution in [2.24, 2.45) is 0 Å². The molecule has 0 bridgehead atoms. The van der Waals surface area contributed by atoms with E-state index in [-0.39, 0.29) is 23.6 Å². The fourth-order valence-corrected chi connectivity index (χ4v) is 2.20. The number of nitrogens with one attached hydrogen (secondary N) is 1. The van der Waals surface area contributed by atoms with Crippen LogP contribution in [0.3, 0.4) is 0 Å². The number of hydrogen-bond acceptors (Lipinski definition) is 7. The first-order chi connectivity index (χ1) is 11.5. The third kappa shape index (κ3) is 3.50. The molecule has 24 heavy (non-hydrogen) atoms. The van der Waals surface area contributed by atoms with Crippen molar-refractivity contribution in [2.45, 2.75) is 0 Å². The molecule has 1 fully saturated rings. The van der Waals surface area contributed by atoms with E-state index in [1.807, 2.05) is 0 Å². The molecule has 0 spiro atoms. The van der Waals surface area contributed by atoms with Crippen LogP contribution in [0, 0.1) is 0 Å². The number of amides is 3. The number of ether oxygens (including phenoxy) is 4. The van der Waals surface area contributed by atoms with Crippen LogP contribution in [0.4, 0.5) is 4.79 Å². The lowest BCUT2D eigenvalue weighted by Crippen LogP contribution is -2.37. The number of carbonyl (C=O) groups is 3. The molecule has 130 valence electrons. The maximum Gasteiger partial charge on any atom is 0.338 e. The molecule has 1 aromatic carbocycles. The summed E-state index contributed by atoms with van der Waals surface area (Å²) in [6.07, 6.45) is 0. The molecule has 0 aromatic heterocycles. The van der Waals surface area contributed by atoms with Crippen molar-refractivity contribution in [1.29, 1.82) is 0 Å². The highest BCUT2D eigenvalue weighted by Crippen LogP contribution is 2.38. The van der Waals surface area contributed by atoms with Gasteiger partial charge in [-0.2, -0.15) is 0 Å². The number of rotatable bonds is 6. The summed E-state index contributed by atoms with van der Waals surface area (Å²) in [5.74, 6) is -0.433. The smallest absolute Gasteiger partial charge is 0.338 e. The van der Waals surface area contributed by atoms with Crippen molar-refractivity contribution in [3.8, 4) is 17.2 Å². The van der Waals surface area contributed by atoms with Crippen LogP contribution in [0.25, 0.3) is 0 Å². The Morgan fingerprint density at radius 1 is 1.12 bits per heavy atom. The maximum absolute atomic E-state index is 12.1. The summed E-state index contributed by atoms with van der Waals surface area (Å²) in [5, 5.41) is 2.49. The zero-order valence-electron chi connectivity index (χ0n) is 13.6. The Balaban J connectivity index is 2.09. The summed E-state index contributed by atoms with van der Waals surface area (Å²) < 4.78 is 20.4. The Morgan fingerprint density at radius 3 is 2.21 bits per heavy atom. The SMILES string of the molecule is COc1cc(C(=O)OCC(=O)N2CCNC2=O)cc(OC)c1OC. The lowest BCUT2D eigenvalue weighted by Gasteiger charge is -2.14. The third-order valence-electron chi connectivity index (χ3n) is 3.39. The van der Waals surface area contributed by atoms with Crippen molar-refractivity contribution in [3.63, 3.8) is 0 Å². The molecule has 3 amide bonds. The van der Waals surface area contributed by atoms with Crippen LogP contribution in [-0.2, 0) is 9.53 Å². The maximum atomic E-state index is 12.1. The van der Waals surface area contributed by atoms with Gasteiger partial charge in [0.25, 0.3) is 5.91 Å². The topological polar surface area (TPSA) is 103 Å². The van der Waals surface area contributed by atoms with Crippen LogP contribution in [0.15, 0.2) is 12.1 Å². The number of esters is 1. The van der Waals surface area contributed by atoms with Crippen molar-refractivity contribution in [2.75, 3.05) is 41.0 Å². The van der Waals surface area contributed by atoms with E-state index < -0.39 is 24.5 Å². The van der Waals surface area contributed by atoms with Gasteiger partial charge in [0, 0.05) is 13.1 Å². The molecule has 9 heteroatoms. The lowest BCUT2D eigenvalue weighted by atomic mass is 10.2. The normalized spacial score (nSPS) is 13.3. The van der Waals surface area contributed by atoms with Crippen molar-refractivity contribution < 1.29 is 33.3 Å². The van der Waals surface area contributed by atoms with Crippen LogP contribution < -0.4 is 19.5 Å². The number of benzene rings is 1. The Bertz CT molecular complexity index is 634. The Hall–Kier alpha value is -2.97. The van der Waals surface area contributed by atoms with E-state index in [0.29, 0.717) is 12.3 Å². The van der Waals surface area contributed by atoms with Crippen LogP contribution in [0.1, 0.15) is 10.4 Å². The average molecular weight is 338 g/mol. The fraction of sp³-hybridized carbons (Fsp3) is 0.400. The van der Waals surface area contributed by atoms with Gasteiger partial charge in [-0.3, -0.25) is 9.69 Å². The zero-order valence-corrected chi connectivity index (χ0v) is 13.6. The first kappa shape index (κ1) is 17.4. The van der Waals surface area contributed by atoms with E-state index in [1.54, 1.807) is 0 Å². The van der Waals surface area contributed by atoms with Gasteiger partial charge >= 0.3 is 12.0 Å². The van der Waals surface area contributed by atoms with E-state index in [2.05, 4.69) is 5.32 Å². The molecule has 1 aliphatic heterocycles. The van der Waals surface area contributed by atoms with Gasteiger partial charge in [-0.25, -0.2) is 9.59 Å². The molecule has 1 aromatic rings. The molecule has 0 aliphatic carbocycles. The molecule has 0 saturated carbocycles. The number of hydrogen-bond donors (Lipinski definition) is 1. The Morgan fingerprint density at radius 2 is 1.75 bits per heavy atom. The van der Waals surface area contributed by atoms with Gasteiger partial charge in [0.15, 0.2) is 18.1 Å². The van der Waals surface area contributed by atoms with Gasteiger partial charge in [-0.05, 0) is 12.1 Å². The van der Waals surface area contributed by atoms with E-state index in [1.165, 1.54) is 33.5 Å². The standard InChI is InChI=1S/C15H18N2O7/c1-21-10-6-9(7-11(22-2)13(10)23-3)14(19)24-8-12(18)17-5-4-16-15(17)20/h6-7H,4-5,8H2,1-3H3,(H,16,20). The van der Waals surface area contributed by atoms with Gasteiger partial charge in [0.2, 0.25) is 5.75 Å². The lowest BCUT2D eigenvalue weighted by molar-refractivity contribution is -0.130. The summed E-state index contributed by atoms with van der Waals surface area (Å²) in [5.41, 5.74) is 0.128. The van der Waals surface area contributed by atoms with Gasteiger partial charge in [-0.1, -0.05) is 0 Å². The second-order valence-corrected chi connectivity index (χ2v) is 4.77. The molecule has 2 rings (SSSR count). The van der Waals surface area contributed by atoms with Gasteiger partial charge in [0.05, 0.1) is 26.9 Å². The first-order valence-corrected chi connectivity index (χ1v) is 7.07. The number of imide groups is 1. The molecule has 0 atom stereocenters. The number of nitrogens with zero attached hydrogens (tertiary/aromatic N) is 1. The predicted octanol–water partition coefficient (Wildman–Crippen LogP) is 0.421. The second-order valence-electron chi connectivity index (χ2n) is 4.77.